The first-order valence-corrected chi connectivity index (χ1v) is 7.93. The molecule has 0 aromatic heterocycles. The number of rotatable bonds is 5. The van der Waals surface area contributed by atoms with Crippen LogP contribution < -0.4 is 11.1 Å². The fraction of sp³-hybridized carbons (Fsp3) is 0.909. The molecule has 1 amide bonds. The van der Waals surface area contributed by atoms with Gasteiger partial charge in [-0.1, -0.05) is 20.3 Å². The molecular weight excluding hydrogens is 240 g/mol. The highest BCUT2D eigenvalue weighted by Gasteiger charge is 2.37. The van der Waals surface area contributed by atoms with Crippen LogP contribution in [-0.2, 0) is 14.6 Å². The van der Waals surface area contributed by atoms with Gasteiger partial charge in [-0.05, 0) is 18.8 Å². The van der Waals surface area contributed by atoms with Gasteiger partial charge in [0.05, 0.1) is 11.3 Å². The molecule has 0 aromatic rings. The van der Waals surface area contributed by atoms with Gasteiger partial charge in [-0.15, -0.1) is 0 Å². The Balaban J connectivity index is 2.76. The third-order valence-electron chi connectivity index (χ3n) is 3.37. The first-order chi connectivity index (χ1) is 7.73. The fourth-order valence-electron chi connectivity index (χ4n) is 2.46. The van der Waals surface area contributed by atoms with Gasteiger partial charge in [0.25, 0.3) is 0 Å². The molecule has 1 saturated carbocycles. The minimum Gasteiger partial charge on any atom is -0.368 e. The zero-order chi connectivity index (χ0) is 13.2. The van der Waals surface area contributed by atoms with Crippen LogP contribution in [0.5, 0.6) is 0 Å². The normalized spacial score (nSPS) is 27.3. The van der Waals surface area contributed by atoms with Gasteiger partial charge in [0, 0.05) is 12.3 Å². The molecule has 1 aliphatic carbocycles. The molecule has 5 nitrogen and oxygen atoms in total. The molecule has 100 valence electrons. The van der Waals surface area contributed by atoms with Crippen molar-refractivity contribution >= 4 is 15.7 Å². The summed E-state index contributed by atoms with van der Waals surface area (Å²) in [4.78, 5) is 11.3. The molecule has 3 unspecified atom stereocenters. The quantitative estimate of drug-likeness (QED) is 0.732. The summed E-state index contributed by atoms with van der Waals surface area (Å²) in [5.41, 5.74) is 5.32. The van der Waals surface area contributed by atoms with Crippen LogP contribution in [0.15, 0.2) is 0 Å². The summed E-state index contributed by atoms with van der Waals surface area (Å²) in [5.74, 6) is -0.354. The number of sulfone groups is 1. The largest absolute Gasteiger partial charge is 0.368 e. The number of amides is 1. The summed E-state index contributed by atoms with van der Waals surface area (Å²) in [5, 5.41) is 2.73. The lowest BCUT2D eigenvalue weighted by Gasteiger charge is -2.26. The standard InChI is InChI=1S/C11H22N2O3S/c1-7(2)10(11(12)14)13-8-5-4-6-9(8)17(3,15)16/h7-10,13H,4-6H2,1-3H3,(H2,12,14). The van der Waals surface area contributed by atoms with E-state index in [0.717, 1.165) is 12.8 Å². The van der Waals surface area contributed by atoms with Crippen LogP contribution in [0.3, 0.4) is 0 Å². The molecule has 0 radical (unpaired) electrons. The Morgan fingerprint density at radius 1 is 1.35 bits per heavy atom. The van der Waals surface area contributed by atoms with E-state index in [9.17, 15) is 13.2 Å². The molecule has 1 rings (SSSR count). The van der Waals surface area contributed by atoms with E-state index in [0.29, 0.717) is 6.42 Å². The maximum atomic E-state index is 11.6. The Hall–Kier alpha value is -0.620. The molecule has 17 heavy (non-hydrogen) atoms. The molecule has 0 aliphatic heterocycles. The van der Waals surface area contributed by atoms with Gasteiger partial charge in [0.1, 0.15) is 0 Å². The van der Waals surface area contributed by atoms with Crippen LogP contribution in [0.4, 0.5) is 0 Å². The van der Waals surface area contributed by atoms with Crippen LogP contribution >= 0.6 is 0 Å². The minimum atomic E-state index is -3.06. The lowest BCUT2D eigenvalue weighted by molar-refractivity contribution is -0.121. The maximum Gasteiger partial charge on any atom is 0.234 e. The average molecular weight is 262 g/mol. The number of nitrogens with one attached hydrogen (secondary N) is 1. The van der Waals surface area contributed by atoms with E-state index in [-0.39, 0.29) is 17.2 Å². The van der Waals surface area contributed by atoms with Gasteiger partial charge < -0.3 is 11.1 Å². The van der Waals surface area contributed by atoms with Crippen molar-refractivity contribution in [3.05, 3.63) is 0 Å². The lowest BCUT2D eigenvalue weighted by Crippen LogP contribution is -2.52. The second-order valence-corrected chi connectivity index (χ2v) is 7.46. The van der Waals surface area contributed by atoms with Crippen molar-refractivity contribution in [2.45, 2.75) is 50.4 Å². The van der Waals surface area contributed by atoms with E-state index < -0.39 is 21.8 Å². The molecule has 0 saturated heterocycles. The van der Waals surface area contributed by atoms with Crippen molar-refractivity contribution in [3.63, 3.8) is 0 Å². The molecule has 1 aliphatic rings. The summed E-state index contributed by atoms with van der Waals surface area (Å²) >= 11 is 0. The van der Waals surface area contributed by atoms with E-state index in [1.807, 2.05) is 13.8 Å². The number of carbonyl (C=O) groups is 1. The Morgan fingerprint density at radius 3 is 2.35 bits per heavy atom. The summed E-state index contributed by atoms with van der Waals surface area (Å²) in [6.45, 7) is 3.79. The van der Waals surface area contributed by atoms with E-state index in [1.165, 1.54) is 6.26 Å². The SMILES string of the molecule is CC(C)C(NC1CCCC1S(C)(=O)=O)C(N)=O. The Morgan fingerprint density at radius 2 is 1.94 bits per heavy atom. The molecule has 1 fully saturated rings. The molecule has 6 heteroatoms. The highest BCUT2D eigenvalue weighted by atomic mass is 32.2. The third-order valence-corrected chi connectivity index (χ3v) is 5.03. The summed E-state index contributed by atoms with van der Waals surface area (Å²) in [7, 11) is -3.06. The summed E-state index contributed by atoms with van der Waals surface area (Å²) in [6.07, 6.45) is 3.58. The third kappa shape index (κ3) is 3.67. The van der Waals surface area contributed by atoms with E-state index in [4.69, 9.17) is 5.73 Å². The van der Waals surface area contributed by atoms with Gasteiger partial charge in [0.15, 0.2) is 9.84 Å². The van der Waals surface area contributed by atoms with E-state index in [1.54, 1.807) is 0 Å². The maximum absolute atomic E-state index is 11.6. The van der Waals surface area contributed by atoms with Gasteiger partial charge >= 0.3 is 0 Å². The molecule has 0 heterocycles. The highest BCUT2D eigenvalue weighted by Crippen LogP contribution is 2.26. The van der Waals surface area contributed by atoms with E-state index >= 15 is 0 Å². The molecule has 0 bridgehead atoms. The second kappa shape index (κ2) is 5.35. The zero-order valence-corrected chi connectivity index (χ0v) is 11.5. The minimum absolute atomic E-state index is 0.0633. The molecule has 0 aromatic carbocycles. The van der Waals surface area contributed by atoms with Crippen molar-refractivity contribution in [2.24, 2.45) is 11.7 Å². The number of carbonyl (C=O) groups excluding carboxylic acids is 1. The predicted octanol–water partition coefficient (Wildman–Crippen LogP) is 0.0516. The zero-order valence-electron chi connectivity index (χ0n) is 10.6. The van der Waals surface area contributed by atoms with E-state index in [2.05, 4.69) is 5.32 Å². The van der Waals surface area contributed by atoms with Gasteiger partial charge in [-0.2, -0.15) is 0 Å². The lowest BCUT2D eigenvalue weighted by atomic mass is 10.0. The topological polar surface area (TPSA) is 89.3 Å². The molecular formula is C11H22N2O3S. The number of primary amides is 1. The predicted molar refractivity (Wildman–Crippen MR) is 67.2 cm³/mol. The van der Waals surface area contributed by atoms with Crippen molar-refractivity contribution < 1.29 is 13.2 Å². The number of hydrogen-bond donors (Lipinski definition) is 2. The number of hydrogen-bond acceptors (Lipinski definition) is 4. The fourth-order valence-corrected chi connectivity index (χ4v) is 3.87. The summed E-state index contributed by atoms with van der Waals surface area (Å²) < 4.78 is 23.2. The highest BCUT2D eigenvalue weighted by molar-refractivity contribution is 7.91. The Kier molecular flexibility index (Phi) is 4.55. The molecule has 0 spiro atoms. The van der Waals surface area contributed by atoms with Gasteiger partial charge in [-0.25, -0.2) is 8.42 Å². The monoisotopic (exact) mass is 262 g/mol. The first-order valence-electron chi connectivity index (χ1n) is 5.97. The molecule has 3 N–H and O–H groups in total. The van der Waals surface area contributed by atoms with Crippen LogP contribution in [0.25, 0.3) is 0 Å². The average Bonchev–Trinajstić information content (AvgIpc) is 2.59. The number of nitrogens with two attached hydrogens (primary N) is 1. The van der Waals surface area contributed by atoms with Crippen molar-refractivity contribution in [1.82, 2.24) is 5.32 Å². The van der Waals surface area contributed by atoms with Crippen molar-refractivity contribution in [2.75, 3.05) is 6.26 Å². The van der Waals surface area contributed by atoms with Crippen molar-refractivity contribution in [3.8, 4) is 0 Å². The van der Waals surface area contributed by atoms with Crippen LogP contribution in [-0.4, -0.2) is 37.9 Å². The van der Waals surface area contributed by atoms with Crippen LogP contribution in [0, 0.1) is 5.92 Å². The van der Waals surface area contributed by atoms with Crippen LogP contribution in [0.1, 0.15) is 33.1 Å². The summed E-state index contributed by atoms with van der Waals surface area (Å²) in [6, 6.07) is -0.604. The second-order valence-electron chi connectivity index (χ2n) is 5.20. The van der Waals surface area contributed by atoms with Gasteiger partial charge in [-0.3, -0.25) is 4.79 Å². The smallest absolute Gasteiger partial charge is 0.234 e. The van der Waals surface area contributed by atoms with Crippen LogP contribution in [0.2, 0.25) is 0 Å². The van der Waals surface area contributed by atoms with Crippen molar-refractivity contribution in [1.29, 1.82) is 0 Å². The van der Waals surface area contributed by atoms with Gasteiger partial charge in [0.2, 0.25) is 5.91 Å². The Bertz CT molecular complexity index is 378. The molecule has 3 atom stereocenters. The Labute approximate surface area is 103 Å². The first kappa shape index (κ1) is 14.4.